The molecule has 0 radical (unpaired) electrons. The van der Waals surface area contributed by atoms with E-state index in [-0.39, 0.29) is 18.0 Å². The van der Waals surface area contributed by atoms with Gasteiger partial charge in [0, 0.05) is 37.1 Å². The zero-order chi connectivity index (χ0) is 19.1. The van der Waals surface area contributed by atoms with Crippen LogP contribution in [0.5, 0.6) is 0 Å². The van der Waals surface area contributed by atoms with E-state index in [4.69, 9.17) is 0 Å². The van der Waals surface area contributed by atoms with Crippen molar-refractivity contribution in [3.63, 3.8) is 0 Å². The smallest absolute Gasteiger partial charge is 0.319 e. The van der Waals surface area contributed by atoms with Gasteiger partial charge in [-0.25, -0.2) is 4.79 Å². The zero-order valence-corrected chi connectivity index (χ0v) is 15.5. The fourth-order valence-electron chi connectivity index (χ4n) is 2.46. The van der Waals surface area contributed by atoms with Gasteiger partial charge in [0.05, 0.1) is 6.20 Å². The number of urea groups is 1. The fourth-order valence-corrected chi connectivity index (χ4v) is 2.46. The molecule has 3 amide bonds. The molecule has 8 heteroatoms. The first kappa shape index (κ1) is 19.5. The largest absolute Gasteiger partial charge is 0.350 e. The molecule has 0 aliphatic carbocycles. The van der Waals surface area contributed by atoms with Crippen LogP contribution in [0.3, 0.4) is 0 Å². The second kappa shape index (κ2) is 9.00. The highest BCUT2D eigenvalue weighted by Gasteiger charge is 2.19. The normalized spacial score (nSPS) is 11.9. The van der Waals surface area contributed by atoms with Crippen molar-refractivity contribution in [2.75, 3.05) is 12.4 Å². The van der Waals surface area contributed by atoms with Crippen molar-refractivity contribution in [3.8, 4) is 0 Å². The van der Waals surface area contributed by atoms with Gasteiger partial charge in [0.15, 0.2) is 0 Å². The summed E-state index contributed by atoms with van der Waals surface area (Å²) in [5.74, 6) is -0.126. The van der Waals surface area contributed by atoms with Crippen LogP contribution in [-0.2, 0) is 18.4 Å². The number of rotatable bonds is 7. The molecule has 0 spiro atoms. The van der Waals surface area contributed by atoms with Crippen LogP contribution in [0.15, 0.2) is 36.7 Å². The van der Waals surface area contributed by atoms with Crippen molar-refractivity contribution < 1.29 is 9.59 Å². The molecule has 8 nitrogen and oxygen atoms in total. The van der Waals surface area contributed by atoms with Gasteiger partial charge in [0.2, 0.25) is 5.91 Å². The number of anilines is 1. The van der Waals surface area contributed by atoms with E-state index in [0.29, 0.717) is 12.2 Å². The number of nitrogens with one attached hydrogen (secondary N) is 4. The highest BCUT2D eigenvalue weighted by molar-refractivity contribution is 5.89. The average Bonchev–Trinajstić information content (AvgIpc) is 3.00. The summed E-state index contributed by atoms with van der Waals surface area (Å²) in [7, 11) is 3.55. The van der Waals surface area contributed by atoms with Gasteiger partial charge in [0.25, 0.3) is 0 Å². The van der Waals surface area contributed by atoms with E-state index < -0.39 is 6.04 Å². The maximum absolute atomic E-state index is 12.4. The average molecular weight is 358 g/mol. The fraction of sp³-hybridized carbons (Fsp3) is 0.389. The molecule has 1 aromatic heterocycles. The van der Waals surface area contributed by atoms with Gasteiger partial charge in [-0.05, 0) is 38.6 Å². The monoisotopic (exact) mass is 358 g/mol. The van der Waals surface area contributed by atoms with E-state index in [9.17, 15) is 9.59 Å². The van der Waals surface area contributed by atoms with E-state index in [1.165, 1.54) is 0 Å². The summed E-state index contributed by atoms with van der Waals surface area (Å²) in [4.78, 5) is 24.1. The Kier molecular flexibility index (Phi) is 6.74. The highest BCUT2D eigenvalue weighted by Crippen LogP contribution is 2.13. The van der Waals surface area contributed by atoms with Gasteiger partial charge in [-0.3, -0.25) is 9.48 Å². The Morgan fingerprint density at radius 2 is 1.88 bits per heavy atom. The Hall–Kier alpha value is -2.87. The number of carbonyl (C=O) groups is 2. The number of benzene rings is 1. The lowest BCUT2D eigenvalue weighted by Gasteiger charge is -2.15. The number of likely N-dealkylation sites (N-methyl/N-ethyl adjacent to an activating group) is 1. The summed E-state index contributed by atoms with van der Waals surface area (Å²) in [6.45, 7) is 4.19. The quantitative estimate of drug-likeness (QED) is 0.603. The molecule has 1 heterocycles. The first-order valence-corrected chi connectivity index (χ1v) is 8.49. The van der Waals surface area contributed by atoms with Gasteiger partial charge >= 0.3 is 6.03 Å². The Bertz CT molecular complexity index is 738. The lowest BCUT2D eigenvalue weighted by molar-refractivity contribution is -0.123. The summed E-state index contributed by atoms with van der Waals surface area (Å²) in [5, 5.41) is 15.5. The molecule has 1 unspecified atom stereocenters. The Morgan fingerprint density at radius 3 is 2.42 bits per heavy atom. The minimum Gasteiger partial charge on any atom is -0.350 e. The van der Waals surface area contributed by atoms with Gasteiger partial charge in [0.1, 0.15) is 6.04 Å². The molecular formula is C18H26N6O2. The van der Waals surface area contributed by atoms with E-state index in [2.05, 4.69) is 26.4 Å². The molecule has 0 aliphatic rings. The molecule has 0 aliphatic heterocycles. The van der Waals surface area contributed by atoms with Crippen LogP contribution in [0.25, 0.3) is 0 Å². The number of hydrogen-bond acceptors (Lipinski definition) is 4. The summed E-state index contributed by atoms with van der Waals surface area (Å²) in [6, 6.07) is 6.71. The Balaban J connectivity index is 1.88. The van der Waals surface area contributed by atoms with Crippen molar-refractivity contribution in [2.24, 2.45) is 7.05 Å². The van der Waals surface area contributed by atoms with E-state index >= 15 is 0 Å². The number of aryl methyl sites for hydroxylation is 1. The van der Waals surface area contributed by atoms with Gasteiger partial charge in [-0.2, -0.15) is 5.10 Å². The van der Waals surface area contributed by atoms with E-state index in [0.717, 1.165) is 11.1 Å². The summed E-state index contributed by atoms with van der Waals surface area (Å²) >= 11 is 0. The molecule has 2 aromatic rings. The van der Waals surface area contributed by atoms with Crippen molar-refractivity contribution >= 4 is 17.6 Å². The Morgan fingerprint density at radius 1 is 1.19 bits per heavy atom. The zero-order valence-electron chi connectivity index (χ0n) is 15.5. The number of amides is 3. The van der Waals surface area contributed by atoms with E-state index in [1.807, 2.05) is 39.2 Å². The molecule has 140 valence electrons. The SMILES string of the molecule is CNC(C(=O)NCc1ccc(NC(=O)NC(C)C)cc1)c1cnn(C)c1. The minimum absolute atomic E-state index is 0.0735. The molecule has 0 bridgehead atoms. The third-order valence-electron chi connectivity index (χ3n) is 3.71. The number of aromatic nitrogens is 2. The first-order valence-electron chi connectivity index (χ1n) is 8.49. The first-order chi connectivity index (χ1) is 12.4. The van der Waals surface area contributed by atoms with Gasteiger partial charge in [-0.1, -0.05) is 12.1 Å². The summed E-state index contributed by atoms with van der Waals surface area (Å²) in [6.07, 6.45) is 3.48. The number of nitrogens with zero attached hydrogens (tertiary/aromatic N) is 2. The van der Waals surface area contributed by atoms with Crippen molar-refractivity contribution in [3.05, 3.63) is 47.8 Å². The predicted molar refractivity (Wildman–Crippen MR) is 101 cm³/mol. The number of carbonyl (C=O) groups excluding carboxylic acids is 2. The highest BCUT2D eigenvalue weighted by atomic mass is 16.2. The predicted octanol–water partition coefficient (Wildman–Crippen LogP) is 1.53. The second-order valence-corrected chi connectivity index (χ2v) is 6.34. The summed E-state index contributed by atoms with van der Waals surface area (Å²) < 4.78 is 1.66. The molecule has 26 heavy (non-hydrogen) atoms. The third-order valence-corrected chi connectivity index (χ3v) is 3.71. The number of hydrogen-bond donors (Lipinski definition) is 4. The van der Waals surface area contributed by atoms with Crippen LogP contribution in [0.2, 0.25) is 0 Å². The standard InChI is InChI=1S/C18H26N6O2/c1-12(2)22-18(26)23-15-7-5-13(6-8-15)9-20-17(25)16(19-3)14-10-21-24(4)11-14/h5-8,10-12,16,19H,9H2,1-4H3,(H,20,25)(H2,22,23,26). The van der Waals surface area contributed by atoms with Crippen LogP contribution >= 0.6 is 0 Å². The molecule has 0 saturated carbocycles. The van der Waals surface area contributed by atoms with Crippen LogP contribution in [0, 0.1) is 0 Å². The van der Waals surface area contributed by atoms with Crippen LogP contribution in [-0.4, -0.2) is 34.8 Å². The Labute approximate surface area is 153 Å². The van der Waals surface area contributed by atoms with Crippen molar-refractivity contribution in [1.29, 1.82) is 0 Å². The maximum atomic E-state index is 12.4. The lowest BCUT2D eigenvalue weighted by atomic mass is 10.1. The molecular weight excluding hydrogens is 332 g/mol. The molecule has 0 fully saturated rings. The van der Waals surface area contributed by atoms with Gasteiger partial charge in [-0.15, -0.1) is 0 Å². The summed E-state index contributed by atoms with van der Waals surface area (Å²) in [5.41, 5.74) is 2.44. The van der Waals surface area contributed by atoms with Crippen molar-refractivity contribution in [1.82, 2.24) is 25.7 Å². The lowest BCUT2D eigenvalue weighted by Crippen LogP contribution is -2.35. The molecule has 1 atom stereocenters. The molecule has 4 N–H and O–H groups in total. The van der Waals surface area contributed by atoms with Crippen LogP contribution in [0.1, 0.15) is 31.0 Å². The molecule has 0 saturated heterocycles. The minimum atomic E-state index is -0.454. The topological polar surface area (TPSA) is 100 Å². The second-order valence-electron chi connectivity index (χ2n) is 6.34. The maximum Gasteiger partial charge on any atom is 0.319 e. The molecule has 2 rings (SSSR count). The van der Waals surface area contributed by atoms with E-state index in [1.54, 1.807) is 30.1 Å². The van der Waals surface area contributed by atoms with Crippen LogP contribution in [0.4, 0.5) is 10.5 Å². The third kappa shape index (κ3) is 5.59. The van der Waals surface area contributed by atoms with Gasteiger partial charge < -0.3 is 21.3 Å². The van der Waals surface area contributed by atoms with Crippen LogP contribution < -0.4 is 21.3 Å². The van der Waals surface area contributed by atoms with Crippen molar-refractivity contribution in [2.45, 2.75) is 32.5 Å². The molecule has 1 aromatic carbocycles.